The molecule has 82 valence electrons. The van der Waals surface area contributed by atoms with Crippen LogP contribution in [-0.4, -0.2) is 35.2 Å². The van der Waals surface area contributed by atoms with Crippen molar-refractivity contribution in [3.63, 3.8) is 0 Å². The third-order valence-corrected chi connectivity index (χ3v) is 3.55. The quantitative estimate of drug-likeness (QED) is 0.715. The predicted molar refractivity (Wildman–Crippen MR) is 58.6 cm³/mol. The third-order valence-electron chi connectivity index (χ3n) is 3.55. The van der Waals surface area contributed by atoms with Gasteiger partial charge in [-0.15, -0.1) is 0 Å². The largest absolute Gasteiger partial charge is 0.309 e. The number of likely N-dealkylation sites (N-methyl/N-ethyl adjacent to an activating group) is 1. The summed E-state index contributed by atoms with van der Waals surface area (Å²) in [6.07, 6.45) is 3.63. The Morgan fingerprint density at radius 3 is 3.20 bits per heavy atom. The molecule has 0 bridgehead atoms. The Hall–Kier alpha value is -0.870. The smallest absolute Gasteiger partial charge is 0.0839 e. The van der Waals surface area contributed by atoms with Crippen molar-refractivity contribution in [2.45, 2.75) is 31.8 Å². The van der Waals surface area contributed by atoms with E-state index in [2.05, 4.69) is 27.5 Å². The van der Waals surface area contributed by atoms with Gasteiger partial charge >= 0.3 is 0 Å². The maximum absolute atomic E-state index is 4.50. The number of nitrogens with zero attached hydrogens (tertiary/aromatic N) is 2. The fourth-order valence-electron chi connectivity index (χ4n) is 2.66. The van der Waals surface area contributed by atoms with Gasteiger partial charge in [-0.2, -0.15) is 5.10 Å². The molecule has 1 fully saturated rings. The van der Waals surface area contributed by atoms with Crippen LogP contribution >= 0.6 is 0 Å². The second kappa shape index (κ2) is 3.61. The summed E-state index contributed by atoms with van der Waals surface area (Å²) in [6, 6.07) is 0.497. The van der Waals surface area contributed by atoms with Gasteiger partial charge in [-0.3, -0.25) is 5.10 Å². The first-order chi connectivity index (χ1) is 7.34. The summed E-state index contributed by atoms with van der Waals surface area (Å²) in [7, 11) is 2.18. The average molecular weight is 206 g/mol. The maximum Gasteiger partial charge on any atom is 0.0839 e. The Bertz CT molecular complexity index is 351. The highest BCUT2D eigenvalue weighted by Crippen LogP contribution is 2.28. The molecule has 0 spiro atoms. The summed E-state index contributed by atoms with van der Waals surface area (Å²) in [5.41, 5.74) is 4.08. The minimum Gasteiger partial charge on any atom is -0.309 e. The van der Waals surface area contributed by atoms with E-state index in [1.165, 1.54) is 29.8 Å². The topological polar surface area (TPSA) is 44.0 Å². The Kier molecular flexibility index (Phi) is 2.25. The standard InChI is InChI=1S/C11H18N4/c1-15-6-4-9-8(7-15)11(14-13-9)10-3-2-5-12-10/h10,12H,2-7H2,1H3,(H,13,14). The third kappa shape index (κ3) is 1.58. The fraction of sp³-hybridized carbons (Fsp3) is 0.727. The molecule has 0 aliphatic carbocycles. The molecule has 1 aromatic heterocycles. The van der Waals surface area contributed by atoms with Crippen molar-refractivity contribution >= 4 is 0 Å². The molecular formula is C11H18N4. The second-order valence-corrected chi connectivity index (χ2v) is 4.70. The summed E-state index contributed by atoms with van der Waals surface area (Å²) in [6.45, 7) is 3.34. The lowest BCUT2D eigenvalue weighted by molar-refractivity contribution is 0.309. The van der Waals surface area contributed by atoms with E-state index in [0.717, 1.165) is 26.1 Å². The highest BCUT2D eigenvalue weighted by atomic mass is 15.2. The summed E-state index contributed by atoms with van der Waals surface area (Å²) in [5.74, 6) is 0. The first kappa shape index (κ1) is 9.36. The van der Waals surface area contributed by atoms with Crippen molar-refractivity contribution in [2.75, 3.05) is 20.1 Å². The van der Waals surface area contributed by atoms with E-state index in [9.17, 15) is 0 Å². The summed E-state index contributed by atoms with van der Waals surface area (Å²) in [4.78, 5) is 2.37. The molecule has 2 aliphatic heterocycles. The van der Waals surface area contributed by atoms with Crippen LogP contribution in [-0.2, 0) is 13.0 Å². The highest BCUT2D eigenvalue weighted by Gasteiger charge is 2.26. The van der Waals surface area contributed by atoms with Gasteiger partial charge in [-0.25, -0.2) is 0 Å². The van der Waals surface area contributed by atoms with E-state index in [1.807, 2.05) is 0 Å². The first-order valence-electron chi connectivity index (χ1n) is 5.82. The van der Waals surface area contributed by atoms with Crippen LogP contribution < -0.4 is 5.32 Å². The van der Waals surface area contributed by atoms with E-state index in [-0.39, 0.29) is 0 Å². The van der Waals surface area contributed by atoms with Crippen molar-refractivity contribution < 1.29 is 0 Å². The first-order valence-corrected chi connectivity index (χ1v) is 5.82. The number of fused-ring (bicyclic) bond motifs is 1. The van der Waals surface area contributed by atoms with Crippen LogP contribution in [0.1, 0.15) is 35.8 Å². The zero-order valence-electron chi connectivity index (χ0n) is 9.21. The molecule has 0 radical (unpaired) electrons. The second-order valence-electron chi connectivity index (χ2n) is 4.70. The van der Waals surface area contributed by atoms with Gasteiger partial charge in [0.05, 0.1) is 11.7 Å². The zero-order valence-corrected chi connectivity index (χ0v) is 9.21. The molecule has 0 saturated carbocycles. The molecule has 1 unspecified atom stereocenters. The van der Waals surface area contributed by atoms with Gasteiger partial charge in [-0.1, -0.05) is 0 Å². The molecule has 4 nitrogen and oxygen atoms in total. The van der Waals surface area contributed by atoms with E-state index in [4.69, 9.17) is 0 Å². The molecule has 0 amide bonds. The number of nitrogens with one attached hydrogen (secondary N) is 2. The van der Waals surface area contributed by atoms with Gasteiger partial charge in [0.2, 0.25) is 0 Å². The van der Waals surface area contributed by atoms with Gasteiger partial charge in [0, 0.05) is 30.8 Å². The van der Waals surface area contributed by atoms with Crippen LogP contribution in [0.25, 0.3) is 0 Å². The van der Waals surface area contributed by atoms with Crippen molar-refractivity contribution in [3.05, 3.63) is 17.0 Å². The summed E-state index contributed by atoms with van der Waals surface area (Å²) >= 11 is 0. The number of rotatable bonds is 1. The van der Waals surface area contributed by atoms with Crippen LogP contribution in [0, 0.1) is 0 Å². The number of hydrogen-bond acceptors (Lipinski definition) is 3. The molecule has 3 rings (SSSR count). The lowest BCUT2D eigenvalue weighted by atomic mass is 10.0. The summed E-state index contributed by atoms with van der Waals surface area (Å²) < 4.78 is 0. The van der Waals surface area contributed by atoms with E-state index < -0.39 is 0 Å². The van der Waals surface area contributed by atoms with E-state index in [1.54, 1.807) is 0 Å². The molecule has 3 heterocycles. The fourth-order valence-corrected chi connectivity index (χ4v) is 2.66. The lowest BCUT2D eigenvalue weighted by Gasteiger charge is -2.23. The van der Waals surface area contributed by atoms with Crippen LogP contribution in [0.5, 0.6) is 0 Å². The van der Waals surface area contributed by atoms with Gasteiger partial charge < -0.3 is 10.2 Å². The van der Waals surface area contributed by atoms with Crippen molar-refractivity contribution in [2.24, 2.45) is 0 Å². The highest BCUT2D eigenvalue weighted by molar-refractivity contribution is 5.30. The molecule has 0 aromatic carbocycles. The normalized spacial score (nSPS) is 26.9. The van der Waals surface area contributed by atoms with Gasteiger partial charge in [0.1, 0.15) is 0 Å². The van der Waals surface area contributed by atoms with Crippen LogP contribution in [0.2, 0.25) is 0 Å². The number of hydrogen-bond donors (Lipinski definition) is 2. The van der Waals surface area contributed by atoms with Crippen molar-refractivity contribution in [1.29, 1.82) is 0 Å². The molecule has 15 heavy (non-hydrogen) atoms. The predicted octanol–water partition coefficient (Wildman–Crippen LogP) is 0.822. The molecule has 1 saturated heterocycles. The van der Waals surface area contributed by atoms with Gasteiger partial charge in [-0.05, 0) is 26.4 Å². The van der Waals surface area contributed by atoms with Crippen molar-refractivity contribution in [1.82, 2.24) is 20.4 Å². The Labute approximate surface area is 90.0 Å². The maximum atomic E-state index is 4.50. The molecule has 2 N–H and O–H groups in total. The number of H-pyrrole nitrogens is 1. The van der Waals surface area contributed by atoms with Gasteiger partial charge in [0.25, 0.3) is 0 Å². The minimum absolute atomic E-state index is 0.497. The molecule has 4 heteroatoms. The monoisotopic (exact) mass is 206 g/mol. The Morgan fingerprint density at radius 2 is 2.40 bits per heavy atom. The van der Waals surface area contributed by atoms with E-state index in [0.29, 0.717) is 6.04 Å². The SMILES string of the molecule is CN1CCc2[nH]nc(C3CCCN3)c2C1. The average Bonchev–Trinajstić information content (AvgIpc) is 2.83. The lowest BCUT2D eigenvalue weighted by Crippen LogP contribution is -2.27. The molecular weight excluding hydrogens is 188 g/mol. The Morgan fingerprint density at radius 1 is 1.47 bits per heavy atom. The molecule has 1 aromatic rings. The minimum atomic E-state index is 0.497. The van der Waals surface area contributed by atoms with Crippen molar-refractivity contribution in [3.8, 4) is 0 Å². The Balaban J connectivity index is 1.92. The number of aromatic amines is 1. The van der Waals surface area contributed by atoms with Crippen LogP contribution in [0.15, 0.2) is 0 Å². The molecule has 1 atom stereocenters. The molecule has 2 aliphatic rings. The van der Waals surface area contributed by atoms with Crippen LogP contribution in [0.3, 0.4) is 0 Å². The van der Waals surface area contributed by atoms with E-state index >= 15 is 0 Å². The van der Waals surface area contributed by atoms with Gasteiger partial charge in [0.15, 0.2) is 0 Å². The van der Waals surface area contributed by atoms with Crippen LogP contribution in [0.4, 0.5) is 0 Å². The summed E-state index contributed by atoms with van der Waals surface area (Å²) in [5, 5.41) is 11.2. The zero-order chi connectivity index (χ0) is 10.3. The number of aromatic nitrogens is 2.